The molecule has 1 aromatic rings. The van der Waals surface area contributed by atoms with Crippen LogP contribution < -0.4 is 10.6 Å². The summed E-state index contributed by atoms with van der Waals surface area (Å²) >= 11 is 5.55. The Bertz CT molecular complexity index is 416. The Morgan fingerprint density at radius 1 is 1.37 bits per heavy atom. The monoisotopic (exact) mass is 344 g/mol. The van der Waals surface area contributed by atoms with Crippen molar-refractivity contribution in [2.45, 2.75) is 43.9 Å². The highest BCUT2D eigenvalue weighted by atomic mass is 79.9. The Balaban J connectivity index is 2.07. The second-order valence-corrected chi connectivity index (χ2v) is 6.64. The standard InChI is InChI=1S/C13H21BrN4S/c1-3-7-15-12-11(14)13(17-8-16-12)18-9-5-4-6-10(9)19-2/h8-10H,3-7H2,1-2H3,(H2,15,16,17,18). The third kappa shape index (κ3) is 3.75. The summed E-state index contributed by atoms with van der Waals surface area (Å²) in [6, 6.07) is 0.514. The molecule has 0 saturated heterocycles. The van der Waals surface area contributed by atoms with Crippen LogP contribution in [-0.2, 0) is 0 Å². The number of nitrogens with one attached hydrogen (secondary N) is 2. The van der Waals surface area contributed by atoms with Crippen LogP contribution in [0, 0.1) is 0 Å². The highest BCUT2D eigenvalue weighted by Crippen LogP contribution is 2.33. The van der Waals surface area contributed by atoms with Gasteiger partial charge in [-0.3, -0.25) is 0 Å². The van der Waals surface area contributed by atoms with E-state index < -0.39 is 0 Å². The van der Waals surface area contributed by atoms with Gasteiger partial charge in [-0.15, -0.1) is 0 Å². The fraction of sp³-hybridized carbons (Fsp3) is 0.692. The van der Waals surface area contributed by atoms with Crippen LogP contribution in [0.4, 0.5) is 11.6 Å². The molecule has 2 N–H and O–H groups in total. The zero-order chi connectivity index (χ0) is 13.7. The minimum absolute atomic E-state index is 0.514. The predicted molar refractivity (Wildman–Crippen MR) is 87.1 cm³/mol. The Hall–Kier alpha value is -0.490. The third-order valence-corrected chi connectivity index (χ3v) is 5.33. The summed E-state index contributed by atoms with van der Waals surface area (Å²) in [5.41, 5.74) is 0. The van der Waals surface area contributed by atoms with E-state index in [1.165, 1.54) is 19.3 Å². The Morgan fingerprint density at radius 2 is 2.16 bits per heavy atom. The van der Waals surface area contributed by atoms with Gasteiger partial charge in [-0.25, -0.2) is 9.97 Å². The molecule has 6 heteroatoms. The summed E-state index contributed by atoms with van der Waals surface area (Å²) in [4.78, 5) is 8.64. The minimum Gasteiger partial charge on any atom is -0.369 e. The quantitative estimate of drug-likeness (QED) is 0.822. The molecule has 2 unspecified atom stereocenters. The van der Waals surface area contributed by atoms with Crippen LogP contribution >= 0.6 is 27.7 Å². The second-order valence-electron chi connectivity index (χ2n) is 4.77. The summed E-state index contributed by atoms with van der Waals surface area (Å²) in [5, 5.41) is 7.57. The predicted octanol–water partition coefficient (Wildman–Crippen LogP) is 3.76. The van der Waals surface area contributed by atoms with E-state index in [0.717, 1.165) is 29.1 Å². The Kier molecular flexibility index (Phi) is 5.76. The van der Waals surface area contributed by atoms with Crippen LogP contribution in [0.2, 0.25) is 0 Å². The van der Waals surface area contributed by atoms with Crippen molar-refractivity contribution in [3.63, 3.8) is 0 Å². The molecular weight excluding hydrogens is 324 g/mol. The second kappa shape index (κ2) is 7.33. The molecular formula is C13H21BrN4S. The average Bonchev–Trinajstić information content (AvgIpc) is 2.87. The van der Waals surface area contributed by atoms with E-state index in [2.05, 4.69) is 49.7 Å². The van der Waals surface area contributed by atoms with E-state index in [1.54, 1.807) is 6.33 Å². The molecule has 1 saturated carbocycles. The van der Waals surface area contributed by atoms with Crippen LogP contribution in [0.25, 0.3) is 0 Å². The van der Waals surface area contributed by atoms with Crippen LogP contribution in [0.1, 0.15) is 32.6 Å². The van der Waals surface area contributed by atoms with Crippen molar-refractivity contribution in [1.29, 1.82) is 0 Å². The fourth-order valence-corrected chi connectivity index (χ4v) is 3.78. The molecule has 106 valence electrons. The van der Waals surface area contributed by atoms with Gasteiger partial charge in [0.15, 0.2) is 0 Å². The first kappa shape index (κ1) is 14.9. The van der Waals surface area contributed by atoms with Crippen LogP contribution in [0.3, 0.4) is 0 Å². The van der Waals surface area contributed by atoms with Crippen molar-refractivity contribution in [3.8, 4) is 0 Å². The molecule has 1 aliphatic rings. The zero-order valence-corrected chi connectivity index (χ0v) is 13.9. The van der Waals surface area contributed by atoms with Gasteiger partial charge in [0.05, 0.1) is 0 Å². The first-order valence-corrected chi connectivity index (χ1v) is 8.88. The first-order chi connectivity index (χ1) is 9.26. The van der Waals surface area contributed by atoms with Crippen molar-refractivity contribution in [1.82, 2.24) is 9.97 Å². The Morgan fingerprint density at radius 3 is 2.89 bits per heavy atom. The van der Waals surface area contributed by atoms with Crippen molar-refractivity contribution in [2.75, 3.05) is 23.4 Å². The van der Waals surface area contributed by atoms with Gasteiger partial charge in [-0.2, -0.15) is 11.8 Å². The fourth-order valence-electron chi connectivity index (χ4n) is 2.39. The largest absolute Gasteiger partial charge is 0.369 e. The highest BCUT2D eigenvalue weighted by molar-refractivity contribution is 9.10. The molecule has 0 bridgehead atoms. The van der Waals surface area contributed by atoms with E-state index in [1.807, 2.05) is 11.8 Å². The van der Waals surface area contributed by atoms with Crippen LogP contribution in [0.15, 0.2) is 10.8 Å². The SMILES string of the molecule is CCCNc1ncnc(NC2CCCC2SC)c1Br. The minimum atomic E-state index is 0.514. The lowest BCUT2D eigenvalue weighted by Gasteiger charge is -2.21. The first-order valence-electron chi connectivity index (χ1n) is 6.80. The van der Waals surface area contributed by atoms with E-state index in [4.69, 9.17) is 0 Å². The van der Waals surface area contributed by atoms with E-state index in [9.17, 15) is 0 Å². The summed E-state index contributed by atoms with van der Waals surface area (Å²) in [7, 11) is 0. The van der Waals surface area contributed by atoms with E-state index >= 15 is 0 Å². The molecule has 1 aromatic heterocycles. The molecule has 0 aliphatic heterocycles. The van der Waals surface area contributed by atoms with Gasteiger partial charge in [0.25, 0.3) is 0 Å². The van der Waals surface area contributed by atoms with E-state index in [-0.39, 0.29) is 0 Å². The van der Waals surface area contributed by atoms with Gasteiger partial charge in [0.2, 0.25) is 0 Å². The van der Waals surface area contributed by atoms with Crippen molar-refractivity contribution in [3.05, 3.63) is 10.8 Å². The molecule has 1 heterocycles. The normalized spacial score (nSPS) is 22.5. The summed E-state index contributed by atoms with van der Waals surface area (Å²) in [5.74, 6) is 1.78. The molecule has 1 aliphatic carbocycles. The van der Waals surface area contributed by atoms with Gasteiger partial charge < -0.3 is 10.6 Å². The van der Waals surface area contributed by atoms with Gasteiger partial charge >= 0.3 is 0 Å². The lowest BCUT2D eigenvalue weighted by Crippen LogP contribution is -2.26. The van der Waals surface area contributed by atoms with Crippen molar-refractivity contribution >= 4 is 39.3 Å². The summed E-state index contributed by atoms with van der Waals surface area (Å²) in [6.45, 7) is 3.06. The van der Waals surface area contributed by atoms with Crippen LogP contribution in [-0.4, -0.2) is 34.1 Å². The van der Waals surface area contributed by atoms with Crippen molar-refractivity contribution in [2.24, 2.45) is 0 Å². The molecule has 19 heavy (non-hydrogen) atoms. The number of hydrogen-bond acceptors (Lipinski definition) is 5. The lowest BCUT2D eigenvalue weighted by atomic mass is 10.2. The van der Waals surface area contributed by atoms with E-state index in [0.29, 0.717) is 11.3 Å². The van der Waals surface area contributed by atoms with Gasteiger partial charge in [-0.1, -0.05) is 13.3 Å². The number of rotatable bonds is 6. The average molecular weight is 345 g/mol. The molecule has 0 aromatic carbocycles. The molecule has 0 spiro atoms. The maximum atomic E-state index is 4.36. The van der Waals surface area contributed by atoms with Gasteiger partial charge in [-0.05, 0) is 41.4 Å². The number of nitrogens with zero attached hydrogens (tertiary/aromatic N) is 2. The summed E-state index contributed by atoms with van der Waals surface area (Å²) < 4.78 is 0.940. The van der Waals surface area contributed by atoms with Crippen molar-refractivity contribution < 1.29 is 0 Å². The number of hydrogen-bond donors (Lipinski definition) is 2. The third-order valence-electron chi connectivity index (χ3n) is 3.41. The molecule has 2 atom stereocenters. The molecule has 2 rings (SSSR count). The summed E-state index contributed by atoms with van der Waals surface area (Å²) in [6.07, 6.45) is 8.70. The zero-order valence-electron chi connectivity index (χ0n) is 11.4. The lowest BCUT2D eigenvalue weighted by molar-refractivity contribution is 0.761. The number of anilines is 2. The van der Waals surface area contributed by atoms with Gasteiger partial charge in [0.1, 0.15) is 22.4 Å². The maximum absolute atomic E-state index is 4.36. The van der Waals surface area contributed by atoms with Crippen LogP contribution in [0.5, 0.6) is 0 Å². The molecule has 0 amide bonds. The molecule has 1 fully saturated rings. The molecule has 0 radical (unpaired) electrons. The number of thioether (sulfide) groups is 1. The maximum Gasteiger partial charge on any atom is 0.146 e. The van der Waals surface area contributed by atoms with Gasteiger partial charge in [0, 0.05) is 17.8 Å². The Labute approximate surface area is 127 Å². The number of aromatic nitrogens is 2. The smallest absolute Gasteiger partial charge is 0.146 e. The topological polar surface area (TPSA) is 49.8 Å². The highest BCUT2D eigenvalue weighted by Gasteiger charge is 2.27. The number of halogens is 1. The molecule has 4 nitrogen and oxygen atoms in total.